The van der Waals surface area contributed by atoms with Crippen molar-refractivity contribution in [3.63, 3.8) is 0 Å². The van der Waals surface area contributed by atoms with Crippen LogP contribution < -0.4 is 10.6 Å². The van der Waals surface area contributed by atoms with Gasteiger partial charge in [-0.1, -0.05) is 60.7 Å². The van der Waals surface area contributed by atoms with Crippen molar-refractivity contribution >= 4 is 17.7 Å². The SMILES string of the molecule is Cc1ccc(-c2ccc(N(Cc3ccccc3)C(=O)OC(C)(C)C)cc2)cc1CC(N)=O. The van der Waals surface area contributed by atoms with E-state index in [9.17, 15) is 9.59 Å². The Morgan fingerprint density at radius 3 is 2.12 bits per heavy atom. The predicted molar refractivity (Wildman–Crippen MR) is 128 cm³/mol. The molecule has 0 saturated heterocycles. The third kappa shape index (κ3) is 6.20. The second-order valence-corrected chi connectivity index (χ2v) is 8.88. The molecular formula is C27H30N2O3. The van der Waals surface area contributed by atoms with Gasteiger partial charge in [-0.15, -0.1) is 0 Å². The molecule has 0 atom stereocenters. The molecule has 5 nitrogen and oxygen atoms in total. The molecule has 0 heterocycles. The van der Waals surface area contributed by atoms with Gasteiger partial charge in [0.1, 0.15) is 5.60 Å². The molecule has 3 aromatic rings. The molecule has 5 heteroatoms. The number of nitrogens with zero attached hydrogens (tertiary/aromatic N) is 1. The van der Waals surface area contributed by atoms with Crippen molar-refractivity contribution < 1.29 is 14.3 Å². The van der Waals surface area contributed by atoms with Gasteiger partial charge in [0, 0.05) is 5.69 Å². The Balaban J connectivity index is 1.90. The molecule has 166 valence electrons. The molecule has 0 aliphatic rings. The van der Waals surface area contributed by atoms with Crippen LogP contribution in [0.3, 0.4) is 0 Å². The number of hydrogen-bond acceptors (Lipinski definition) is 3. The van der Waals surface area contributed by atoms with Gasteiger partial charge in [0.2, 0.25) is 5.91 Å². The van der Waals surface area contributed by atoms with Crippen LogP contribution in [-0.2, 0) is 22.5 Å². The monoisotopic (exact) mass is 430 g/mol. The number of anilines is 1. The minimum atomic E-state index is -0.593. The summed E-state index contributed by atoms with van der Waals surface area (Å²) in [6.45, 7) is 7.94. The molecule has 0 aromatic heterocycles. The molecule has 0 bridgehead atoms. The van der Waals surface area contributed by atoms with E-state index >= 15 is 0 Å². The number of hydrogen-bond donors (Lipinski definition) is 1. The molecule has 3 rings (SSSR count). The van der Waals surface area contributed by atoms with Crippen LogP contribution in [0.15, 0.2) is 72.8 Å². The Kier molecular flexibility index (Phi) is 6.98. The molecule has 0 saturated carbocycles. The van der Waals surface area contributed by atoms with Crippen molar-refractivity contribution in [2.45, 2.75) is 46.3 Å². The van der Waals surface area contributed by atoms with Crippen molar-refractivity contribution in [1.82, 2.24) is 0 Å². The van der Waals surface area contributed by atoms with Crippen molar-refractivity contribution in [3.8, 4) is 11.1 Å². The first-order valence-electron chi connectivity index (χ1n) is 10.6. The standard InChI is InChI=1S/C27H30N2O3/c1-19-10-11-22(16-23(19)17-25(28)30)21-12-14-24(15-13-21)29(26(31)32-27(2,3)4)18-20-8-6-5-7-9-20/h5-16H,17-18H2,1-4H3,(H2,28,30). The molecule has 2 N–H and O–H groups in total. The van der Waals surface area contributed by atoms with Gasteiger partial charge in [-0.3, -0.25) is 9.69 Å². The number of carbonyl (C=O) groups is 2. The van der Waals surface area contributed by atoms with E-state index in [-0.39, 0.29) is 12.3 Å². The number of benzene rings is 3. The Morgan fingerprint density at radius 1 is 0.906 bits per heavy atom. The summed E-state index contributed by atoms with van der Waals surface area (Å²) >= 11 is 0. The molecule has 32 heavy (non-hydrogen) atoms. The Hall–Kier alpha value is -3.60. The summed E-state index contributed by atoms with van der Waals surface area (Å²) in [6.07, 6.45) is -0.186. The van der Waals surface area contributed by atoms with Gasteiger partial charge in [0.15, 0.2) is 0 Å². The van der Waals surface area contributed by atoms with E-state index in [1.807, 2.05) is 100 Å². The normalized spacial score (nSPS) is 11.1. The fourth-order valence-electron chi connectivity index (χ4n) is 3.41. The van der Waals surface area contributed by atoms with Crippen LogP contribution in [0, 0.1) is 6.92 Å². The van der Waals surface area contributed by atoms with E-state index in [1.165, 1.54) is 0 Å². The van der Waals surface area contributed by atoms with Gasteiger partial charge < -0.3 is 10.5 Å². The average molecular weight is 431 g/mol. The molecule has 0 radical (unpaired) electrons. The molecular weight excluding hydrogens is 400 g/mol. The molecule has 0 fully saturated rings. The predicted octanol–water partition coefficient (Wildman–Crippen LogP) is 5.63. The van der Waals surface area contributed by atoms with Crippen molar-refractivity contribution in [2.75, 3.05) is 4.90 Å². The third-order valence-electron chi connectivity index (χ3n) is 5.02. The maximum Gasteiger partial charge on any atom is 0.415 e. The van der Waals surface area contributed by atoms with Crippen LogP contribution in [0.2, 0.25) is 0 Å². The maximum absolute atomic E-state index is 13.0. The van der Waals surface area contributed by atoms with E-state index in [1.54, 1.807) is 4.90 Å². The summed E-state index contributed by atoms with van der Waals surface area (Å²) in [5, 5.41) is 0. The second kappa shape index (κ2) is 9.69. The number of primary amides is 1. The number of nitrogens with two attached hydrogens (primary N) is 1. The minimum absolute atomic E-state index is 0.210. The smallest absolute Gasteiger partial charge is 0.415 e. The first kappa shape index (κ1) is 23.1. The largest absolute Gasteiger partial charge is 0.443 e. The summed E-state index contributed by atoms with van der Waals surface area (Å²) in [4.78, 5) is 26.0. The highest BCUT2D eigenvalue weighted by atomic mass is 16.6. The van der Waals surface area contributed by atoms with E-state index in [0.29, 0.717) is 6.54 Å². The zero-order chi connectivity index (χ0) is 23.3. The minimum Gasteiger partial charge on any atom is -0.443 e. The number of carbonyl (C=O) groups excluding carboxylic acids is 2. The first-order valence-corrected chi connectivity index (χ1v) is 10.6. The summed E-state index contributed by atoms with van der Waals surface area (Å²) in [5.74, 6) is -0.352. The zero-order valence-corrected chi connectivity index (χ0v) is 19.1. The molecule has 2 amide bonds. The van der Waals surface area contributed by atoms with Gasteiger partial charge in [0.05, 0.1) is 13.0 Å². The van der Waals surface area contributed by atoms with Crippen molar-refractivity contribution in [2.24, 2.45) is 5.73 Å². The van der Waals surface area contributed by atoms with E-state index < -0.39 is 11.7 Å². The fourth-order valence-corrected chi connectivity index (χ4v) is 3.41. The average Bonchev–Trinajstić information content (AvgIpc) is 2.73. The molecule has 0 unspecified atom stereocenters. The molecule has 0 aliphatic carbocycles. The van der Waals surface area contributed by atoms with Crippen LogP contribution in [-0.4, -0.2) is 17.6 Å². The lowest BCUT2D eigenvalue weighted by molar-refractivity contribution is -0.117. The summed E-state index contributed by atoms with van der Waals surface area (Å²) in [5.41, 5.74) is 10.5. The van der Waals surface area contributed by atoms with E-state index in [2.05, 4.69) is 0 Å². The van der Waals surface area contributed by atoms with Crippen LogP contribution in [0.25, 0.3) is 11.1 Å². The molecule has 0 spiro atoms. The first-order chi connectivity index (χ1) is 15.1. The number of aryl methyl sites for hydroxylation is 1. The van der Waals surface area contributed by atoms with Crippen LogP contribution >= 0.6 is 0 Å². The highest BCUT2D eigenvalue weighted by molar-refractivity contribution is 5.88. The lowest BCUT2D eigenvalue weighted by Crippen LogP contribution is -2.36. The molecule has 3 aromatic carbocycles. The topological polar surface area (TPSA) is 72.6 Å². The summed E-state index contributed by atoms with van der Waals surface area (Å²) < 4.78 is 5.65. The quantitative estimate of drug-likeness (QED) is 0.551. The van der Waals surface area contributed by atoms with Crippen molar-refractivity contribution in [3.05, 3.63) is 89.5 Å². The van der Waals surface area contributed by atoms with Gasteiger partial charge in [-0.05, 0) is 67.6 Å². The lowest BCUT2D eigenvalue weighted by atomic mass is 9.97. The Bertz CT molecular complexity index is 1080. The van der Waals surface area contributed by atoms with Crippen LogP contribution in [0.5, 0.6) is 0 Å². The summed E-state index contributed by atoms with van der Waals surface area (Å²) in [6, 6.07) is 23.6. The number of rotatable bonds is 6. The van der Waals surface area contributed by atoms with Gasteiger partial charge in [0.25, 0.3) is 0 Å². The van der Waals surface area contributed by atoms with Gasteiger partial charge in [-0.2, -0.15) is 0 Å². The molecule has 0 aliphatic heterocycles. The second-order valence-electron chi connectivity index (χ2n) is 8.88. The highest BCUT2D eigenvalue weighted by Gasteiger charge is 2.23. The van der Waals surface area contributed by atoms with Gasteiger partial charge >= 0.3 is 6.09 Å². The lowest BCUT2D eigenvalue weighted by Gasteiger charge is -2.27. The number of ether oxygens (including phenoxy) is 1. The van der Waals surface area contributed by atoms with E-state index in [4.69, 9.17) is 10.5 Å². The van der Waals surface area contributed by atoms with Crippen LogP contribution in [0.1, 0.15) is 37.5 Å². The Labute approximate surface area is 189 Å². The van der Waals surface area contributed by atoms with Crippen molar-refractivity contribution in [1.29, 1.82) is 0 Å². The Morgan fingerprint density at radius 2 is 1.53 bits per heavy atom. The fraction of sp³-hybridized carbons (Fsp3) is 0.259. The maximum atomic E-state index is 13.0. The highest BCUT2D eigenvalue weighted by Crippen LogP contribution is 2.27. The van der Waals surface area contributed by atoms with Crippen LogP contribution in [0.4, 0.5) is 10.5 Å². The zero-order valence-electron chi connectivity index (χ0n) is 19.1. The van der Waals surface area contributed by atoms with Gasteiger partial charge in [-0.25, -0.2) is 4.79 Å². The number of amides is 2. The van der Waals surface area contributed by atoms with E-state index in [0.717, 1.165) is 33.5 Å². The summed E-state index contributed by atoms with van der Waals surface area (Å²) in [7, 11) is 0. The third-order valence-corrected chi connectivity index (χ3v) is 5.02.